The predicted molar refractivity (Wildman–Crippen MR) is 63.2 cm³/mol. The van der Waals surface area contributed by atoms with Crippen molar-refractivity contribution in [1.29, 1.82) is 10.5 Å². The third-order valence-electron chi connectivity index (χ3n) is 2.77. The monoisotopic (exact) mass is 212 g/mol. The predicted octanol–water partition coefficient (Wildman–Crippen LogP) is 3.16. The van der Waals surface area contributed by atoms with Crippen LogP contribution < -0.4 is 0 Å². The second-order valence-corrected chi connectivity index (χ2v) is 4.32. The summed E-state index contributed by atoms with van der Waals surface area (Å²) in [6, 6.07) is 14.4. The van der Waals surface area contributed by atoms with Crippen LogP contribution in [0.1, 0.15) is 19.4 Å². The molecule has 0 N–H and O–H groups in total. The van der Waals surface area contributed by atoms with Crippen LogP contribution in [0, 0.1) is 40.4 Å². The quantitative estimate of drug-likeness (QED) is 0.769. The molecule has 1 aromatic rings. The van der Waals surface area contributed by atoms with Crippen LogP contribution in [0.3, 0.4) is 0 Å². The van der Waals surface area contributed by atoms with Crippen molar-refractivity contribution in [2.45, 2.75) is 20.3 Å². The number of hydrogen-bond acceptors (Lipinski definition) is 2. The van der Waals surface area contributed by atoms with Gasteiger partial charge in [-0.05, 0) is 17.9 Å². The Morgan fingerprint density at radius 2 is 1.69 bits per heavy atom. The Balaban J connectivity index is 2.78. The molecule has 0 fully saturated rings. The molecule has 0 amide bonds. The van der Waals surface area contributed by atoms with Gasteiger partial charge in [0.2, 0.25) is 0 Å². The van der Waals surface area contributed by atoms with Crippen molar-refractivity contribution in [3.05, 3.63) is 35.9 Å². The van der Waals surface area contributed by atoms with Crippen molar-refractivity contribution in [1.82, 2.24) is 0 Å². The third kappa shape index (κ3) is 3.11. The summed E-state index contributed by atoms with van der Waals surface area (Å²) >= 11 is 0. The van der Waals surface area contributed by atoms with Crippen LogP contribution >= 0.6 is 0 Å². The van der Waals surface area contributed by atoms with Crippen molar-refractivity contribution in [3.63, 3.8) is 0 Å². The number of benzene rings is 1. The maximum atomic E-state index is 9.14. The van der Waals surface area contributed by atoms with Gasteiger partial charge in [0.05, 0.1) is 24.0 Å². The zero-order chi connectivity index (χ0) is 12.0. The molecule has 0 aromatic heterocycles. The van der Waals surface area contributed by atoms with E-state index in [1.807, 2.05) is 44.2 Å². The smallest absolute Gasteiger partial charge is 0.0673 e. The minimum atomic E-state index is -0.215. The van der Waals surface area contributed by atoms with Gasteiger partial charge in [-0.15, -0.1) is 0 Å². The normalized spacial score (nSPS) is 13.8. The van der Waals surface area contributed by atoms with E-state index in [0.29, 0.717) is 6.42 Å². The van der Waals surface area contributed by atoms with Gasteiger partial charge in [0.1, 0.15) is 0 Å². The molecule has 16 heavy (non-hydrogen) atoms. The van der Waals surface area contributed by atoms with Crippen LogP contribution in [0.4, 0.5) is 0 Å². The second-order valence-electron chi connectivity index (χ2n) is 4.32. The van der Waals surface area contributed by atoms with E-state index in [1.54, 1.807) is 0 Å². The highest BCUT2D eigenvalue weighted by molar-refractivity contribution is 5.18. The summed E-state index contributed by atoms with van der Waals surface area (Å²) in [7, 11) is 0. The molecule has 2 nitrogen and oxygen atoms in total. The number of nitriles is 2. The summed E-state index contributed by atoms with van der Waals surface area (Å²) in [5, 5.41) is 18.2. The lowest BCUT2D eigenvalue weighted by molar-refractivity contribution is 0.378. The van der Waals surface area contributed by atoms with Gasteiger partial charge in [0, 0.05) is 0 Å². The van der Waals surface area contributed by atoms with Crippen LogP contribution in [-0.4, -0.2) is 0 Å². The van der Waals surface area contributed by atoms with Crippen LogP contribution in [0.25, 0.3) is 0 Å². The van der Waals surface area contributed by atoms with E-state index >= 15 is 0 Å². The van der Waals surface area contributed by atoms with E-state index in [2.05, 4.69) is 12.1 Å². The maximum Gasteiger partial charge on any atom is 0.0673 e. The van der Waals surface area contributed by atoms with Gasteiger partial charge in [-0.3, -0.25) is 0 Å². The van der Waals surface area contributed by atoms with Crippen molar-refractivity contribution in [3.8, 4) is 12.1 Å². The first-order chi connectivity index (χ1) is 7.69. The largest absolute Gasteiger partial charge is 0.198 e. The SMILES string of the molecule is CC(C)[C@@H](C#N)[C@@H](C#N)Cc1ccccc1. The Hall–Kier alpha value is -1.80. The van der Waals surface area contributed by atoms with Gasteiger partial charge < -0.3 is 0 Å². The average molecular weight is 212 g/mol. The average Bonchev–Trinajstić information content (AvgIpc) is 2.29. The Kier molecular flexibility index (Phi) is 4.55. The zero-order valence-corrected chi connectivity index (χ0v) is 9.72. The first kappa shape index (κ1) is 12.3. The molecule has 2 heteroatoms. The van der Waals surface area contributed by atoms with Gasteiger partial charge >= 0.3 is 0 Å². The van der Waals surface area contributed by atoms with E-state index in [9.17, 15) is 0 Å². The molecular formula is C14H16N2. The zero-order valence-electron chi connectivity index (χ0n) is 9.72. The van der Waals surface area contributed by atoms with Gasteiger partial charge in [0.15, 0.2) is 0 Å². The lowest BCUT2D eigenvalue weighted by Gasteiger charge is -2.18. The molecule has 0 aliphatic heterocycles. The van der Waals surface area contributed by atoms with Crippen LogP contribution in [0.2, 0.25) is 0 Å². The summed E-state index contributed by atoms with van der Waals surface area (Å²) in [6.07, 6.45) is 0.660. The van der Waals surface area contributed by atoms with E-state index in [-0.39, 0.29) is 17.8 Å². The molecule has 82 valence electrons. The summed E-state index contributed by atoms with van der Waals surface area (Å²) < 4.78 is 0. The fraction of sp³-hybridized carbons (Fsp3) is 0.429. The van der Waals surface area contributed by atoms with E-state index in [4.69, 9.17) is 10.5 Å². The molecule has 0 radical (unpaired) electrons. The van der Waals surface area contributed by atoms with Gasteiger partial charge in [-0.2, -0.15) is 10.5 Å². The van der Waals surface area contributed by atoms with Crippen molar-refractivity contribution >= 4 is 0 Å². The molecule has 0 saturated heterocycles. The number of hydrogen-bond donors (Lipinski definition) is 0. The van der Waals surface area contributed by atoms with Gasteiger partial charge in [0.25, 0.3) is 0 Å². The fourth-order valence-electron chi connectivity index (χ4n) is 1.82. The molecule has 1 rings (SSSR count). The minimum Gasteiger partial charge on any atom is -0.198 e. The molecular weight excluding hydrogens is 196 g/mol. The Morgan fingerprint density at radius 1 is 1.06 bits per heavy atom. The van der Waals surface area contributed by atoms with Crippen molar-refractivity contribution in [2.75, 3.05) is 0 Å². The van der Waals surface area contributed by atoms with E-state index < -0.39 is 0 Å². The molecule has 0 unspecified atom stereocenters. The molecule has 0 aliphatic carbocycles. The standard InChI is InChI=1S/C14H16N2/c1-11(2)14(10-16)13(9-15)8-12-6-4-3-5-7-12/h3-7,11,13-14H,8H2,1-2H3/t13-,14-/m1/s1. The highest BCUT2D eigenvalue weighted by atomic mass is 14.4. The fourth-order valence-corrected chi connectivity index (χ4v) is 1.82. The molecule has 0 saturated carbocycles. The summed E-state index contributed by atoms with van der Waals surface area (Å²) in [5.74, 6) is -0.184. The van der Waals surface area contributed by atoms with Crippen LogP contribution in [0.5, 0.6) is 0 Å². The Labute approximate surface area is 97.1 Å². The van der Waals surface area contributed by atoms with Crippen molar-refractivity contribution < 1.29 is 0 Å². The molecule has 0 bridgehead atoms. The summed E-state index contributed by atoms with van der Waals surface area (Å²) in [4.78, 5) is 0. The Morgan fingerprint density at radius 3 is 2.12 bits per heavy atom. The number of nitrogens with zero attached hydrogens (tertiary/aromatic N) is 2. The highest BCUT2D eigenvalue weighted by Crippen LogP contribution is 2.23. The minimum absolute atomic E-state index is 0.190. The summed E-state index contributed by atoms with van der Waals surface area (Å²) in [5.41, 5.74) is 1.12. The Bertz CT molecular complexity index is 395. The topological polar surface area (TPSA) is 47.6 Å². The lowest BCUT2D eigenvalue weighted by atomic mass is 9.82. The summed E-state index contributed by atoms with van der Waals surface area (Å²) in [6.45, 7) is 3.98. The first-order valence-electron chi connectivity index (χ1n) is 5.52. The molecule has 0 spiro atoms. The molecule has 0 heterocycles. The molecule has 0 aliphatic rings. The van der Waals surface area contributed by atoms with Crippen molar-refractivity contribution in [2.24, 2.45) is 17.8 Å². The first-order valence-corrected chi connectivity index (χ1v) is 5.52. The second kappa shape index (κ2) is 5.93. The third-order valence-corrected chi connectivity index (χ3v) is 2.77. The molecule has 2 atom stereocenters. The molecule has 1 aromatic carbocycles. The van der Waals surface area contributed by atoms with Gasteiger partial charge in [-0.1, -0.05) is 44.2 Å². The van der Waals surface area contributed by atoms with E-state index in [1.165, 1.54) is 0 Å². The van der Waals surface area contributed by atoms with Crippen LogP contribution in [-0.2, 0) is 6.42 Å². The lowest BCUT2D eigenvalue weighted by Crippen LogP contribution is -2.19. The van der Waals surface area contributed by atoms with Crippen LogP contribution in [0.15, 0.2) is 30.3 Å². The highest BCUT2D eigenvalue weighted by Gasteiger charge is 2.24. The van der Waals surface area contributed by atoms with E-state index in [0.717, 1.165) is 5.56 Å². The van der Waals surface area contributed by atoms with Gasteiger partial charge in [-0.25, -0.2) is 0 Å². The maximum absolute atomic E-state index is 9.14. The number of rotatable bonds is 4.